The Labute approximate surface area is 178 Å². The molecule has 7 nitrogen and oxygen atoms in total. The second kappa shape index (κ2) is 7.39. The zero-order chi connectivity index (χ0) is 21.7. The quantitative estimate of drug-likeness (QED) is 0.510. The monoisotopic (exact) mass is 419 g/mol. The smallest absolute Gasteiger partial charge is 0.231 e. The van der Waals surface area contributed by atoms with E-state index in [1.807, 2.05) is 36.6 Å². The number of alkyl halides is 1. The number of fused-ring (bicyclic) bond motifs is 3. The van der Waals surface area contributed by atoms with Crippen LogP contribution in [0.2, 0.25) is 0 Å². The van der Waals surface area contributed by atoms with Gasteiger partial charge in [0.05, 0.1) is 35.1 Å². The minimum Gasteiger partial charge on any atom is -0.387 e. The molecule has 0 radical (unpaired) electrons. The van der Waals surface area contributed by atoms with Crippen molar-refractivity contribution in [3.05, 3.63) is 54.1 Å². The zero-order valence-corrected chi connectivity index (χ0v) is 17.2. The number of rotatable bonds is 5. The van der Waals surface area contributed by atoms with Crippen LogP contribution in [0.4, 0.5) is 10.2 Å². The van der Waals surface area contributed by atoms with Crippen LogP contribution in [0, 0.1) is 12.8 Å². The Bertz CT molecular complexity index is 1320. The van der Waals surface area contributed by atoms with Crippen molar-refractivity contribution in [3.63, 3.8) is 0 Å². The number of carbonyl (C=O) groups is 1. The number of amides is 1. The lowest BCUT2D eigenvalue weighted by molar-refractivity contribution is -0.117. The molecule has 1 amide bonds. The third-order valence-corrected chi connectivity index (χ3v) is 5.81. The van der Waals surface area contributed by atoms with Crippen molar-refractivity contribution in [1.29, 1.82) is 0 Å². The predicted octanol–water partition coefficient (Wildman–Crippen LogP) is 3.99. The molecule has 31 heavy (non-hydrogen) atoms. The van der Waals surface area contributed by atoms with E-state index in [-0.39, 0.29) is 12.3 Å². The van der Waals surface area contributed by atoms with Crippen LogP contribution < -0.4 is 5.32 Å². The van der Waals surface area contributed by atoms with Gasteiger partial charge in [0.1, 0.15) is 12.0 Å². The summed E-state index contributed by atoms with van der Waals surface area (Å²) in [6.07, 6.45) is 4.41. The lowest BCUT2D eigenvalue weighted by Crippen LogP contribution is -2.15. The molecule has 0 aromatic carbocycles. The maximum absolute atomic E-state index is 13.2. The Morgan fingerprint density at radius 3 is 2.84 bits per heavy atom. The highest BCUT2D eigenvalue weighted by molar-refractivity contribution is 6.01. The summed E-state index contributed by atoms with van der Waals surface area (Å²) in [5.41, 5.74) is 4.25. The van der Waals surface area contributed by atoms with Gasteiger partial charge in [-0.05, 0) is 49.6 Å². The van der Waals surface area contributed by atoms with Gasteiger partial charge >= 0.3 is 0 Å². The first-order valence-electron chi connectivity index (χ1n) is 10.3. The van der Waals surface area contributed by atoms with E-state index in [0.717, 1.165) is 33.1 Å². The van der Waals surface area contributed by atoms with Gasteiger partial charge in [0.25, 0.3) is 0 Å². The minimum absolute atomic E-state index is 0.275. The van der Waals surface area contributed by atoms with Gasteiger partial charge in [0.2, 0.25) is 5.91 Å². The number of hydrogen-bond donors (Lipinski definition) is 2. The molecule has 4 aromatic rings. The first-order chi connectivity index (χ1) is 15.0. The third-order valence-electron chi connectivity index (χ3n) is 5.81. The molecule has 1 saturated carbocycles. The number of aryl methyl sites for hydroxylation is 1. The molecule has 0 unspecified atom stereocenters. The fraction of sp³-hybridized carbons (Fsp3) is 0.304. The maximum atomic E-state index is 13.2. The SMILES string of the molecule is CC[C@H](O)c1cc(C)c(-c2cc3cnc(NC(=O)[C@H]4C[C@H]4F)cc3c3ccnn23)cn1. The van der Waals surface area contributed by atoms with Crippen LogP contribution in [0.3, 0.4) is 0 Å². The van der Waals surface area contributed by atoms with Crippen molar-refractivity contribution in [1.82, 2.24) is 19.6 Å². The molecule has 1 fully saturated rings. The predicted molar refractivity (Wildman–Crippen MR) is 115 cm³/mol. The van der Waals surface area contributed by atoms with Crippen LogP contribution in [0.5, 0.6) is 0 Å². The molecule has 0 spiro atoms. The van der Waals surface area contributed by atoms with E-state index < -0.39 is 18.2 Å². The molecule has 4 aromatic heterocycles. The number of nitrogens with one attached hydrogen (secondary N) is 1. The van der Waals surface area contributed by atoms with E-state index in [4.69, 9.17) is 0 Å². The van der Waals surface area contributed by atoms with Crippen LogP contribution >= 0.6 is 0 Å². The second-order valence-electron chi connectivity index (χ2n) is 8.01. The van der Waals surface area contributed by atoms with Crippen LogP contribution in [-0.2, 0) is 4.79 Å². The molecule has 158 valence electrons. The van der Waals surface area contributed by atoms with Gasteiger partial charge in [-0.1, -0.05) is 6.92 Å². The Hall–Kier alpha value is -3.39. The van der Waals surface area contributed by atoms with Crippen LogP contribution in [0.1, 0.15) is 37.1 Å². The minimum atomic E-state index is -1.05. The van der Waals surface area contributed by atoms with Gasteiger partial charge in [-0.2, -0.15) is 5.10 Å². The molecule has 1 aliphatic carbocycles. The molecule has 5 rings (SSSR count). The fourth-order valence-corrected chi connectivity index (χ4v) is 3.86. The van der Waals surface area contributed by atoms with E-state index >= 15 is 0 Å². The van der Waals surface area contributed by atoms with Gasteiger partial charge in [0, 0.05) is 28.7 Å². The molecular formula is C23H22FN5O2. The van der Waals surface area contributed by atoms with Crippen LogP contribution in [0.25, 0.3) is 27.5 Å². The zero-order valence-electron chi connectivity index (χ0n) is 17.2. The highest BCUT2D eigenvalue weighted by Crippen LogP contribution is 2.35. The van der Waals surface area contributed by atoms with E-state index in [2.05, 4.69) is 20.4 Å². The lowest BCUT2D eigenvalue weighted by Gasteiger charge is -2.14. The molecule has 1 aliphatic rings. The molecule has 8 heteroatoms. The number of aliphatic hydroxyl groups is 1. The molecule has 4 heterocycles. The van der Waals surface area contributed by atoms with Gasteiger partial charge in [-0.15, -0.1) is 0 Å². The van der Waals surface area contributed by atoms with Gasteiger partial charge in [0.15, 0.2) is 0 Å². The van der Waals surface area contributed by atoms with Crippen molar-refractivity contribution in [2.24, 2.45) is 5.92 Å². The van der Waals surface area contributed by atoms with E-state index in [0.29, 0.717) is 17.9 Å². The number of carbonyl (C=O) groups excluding carboxylic acids is 1. The first-order valence-corrected chi connectivity index (χ1v) is 10.3. The number of hydrogen-bond acceptors (Lipinski definition) is 5. The van der Waals surface area contributed by atoms with E-state index in [1.54, 1.807) is 24.7 Å². The normalized spacial score (nSPS) is 19.0. The number of halogens is 1. The van der Waals surface area contributed by atoms with Gasteiger partial charge in [-0.3, -0.25) is 9.78 Å². The van der Waals surface area contributed by atoms with Crippen molar-refractivity contribution in [2.75, 3.05) is 5.32 Å². The number of aromatic nitrogens is 4. The molecule has 2 N–H and O–H groups in total. The number of anilines is 1. The van der Waals surface area contributed by atoms with Crippen molar-refractivity contribution >= 4 is 28.0 Å². The Morgan fingerprint density at radius 1 is 1.32 bits per heavy atom. The largest absolute Gasteiger partial charge is 0.387 e. The summed E-state index contributed by atoms with van der Waals surface area (Å²) in [5.74, 6) is -0.515. The number of pyridine rings is 3. The summed E-state index contributed by atoms with van der Waals surface area (Å²) in [7, 11) is 0. The molecule has 0 bridgehead atoms. The van der Waals surface area contributed by atoms with E-state index in [9.17, 15) is 14.3 Å². The third kappa shape index (κ3) is 3.42. The van der Waals surface area contributed by atoms with Gasteiger partial charge in [-0.25, -0.2) is 13.9 Å². The average Bonchev–Trinajstić information content (AvgIpc) is 3.30. The fourth-order valence-electron chi connectivity index (χ4n) is 3.86. The maximum Gasteiger partial charge on any atom is 0.231 e. The topological polar surface area (TPSA) is 92.4 Å². The highest BCUT2D eigenvalue weighted by atomic mass is 19.1. The summed E-state index contributed by atoms with van der Waals surface area (Å²) < 4.78 is 15.0. The summed E-state index contributed by atoms with van der Waals surface area (Å²) >= 11 is 0. The summed E-state index contributed by atoms with van der Waals surface area (Å²) in [6, 6.07) is 7.56. The summed E-state index contributed by atoms with van der Waals surface area (Å²) in [6.45, 7) is 3.89. The Morgan fingerprint density at radius 2 is 2.13 bits per heavy atom. The average molecular weight is 419 g/mol. The van der Waals surface area contributed by atoms with E-state index in [1.165, 1.54) is 0 Å². The van der Waals surface area contributed by atoms with Crippen molar-refractivity contribution in [2.45, 2.75) is 39.0 Å². The molecule has 0 saturated heterocycles. The summed E-state index contributed by atoms with van der Waals surface area (Å²) in [4.78, 5) is 20.9. The standard InChI is InChI=1S/C23H22FN5O2/c1-3-21(30)18-6-12(2)16(11-25-18)20-7-13-10-26-22(28-23(31)15-8-17(15)24)9-14(13)19-4-5-27-29(19)20/h4-7,9-11,15,17,21,30H,3,8H2,1-2H3,(H,26,28,31)/t15-,17+,21-/m0/s1. The van der Waals surface area contributed by atoms with Crippen LogP contribution in [-0.4, -0.2) is 36.8 Å². The Balaban J connectivity index is 1.58. The summed E-state index contributed by atoms with van der Waals surface area (Å²) in [5, 5.41) is 19.0. The van der Waals surface area contributed by atoms with Crippen LogP contribution in [0.15, 0.2) is 42.9 Å². The van der Waals surface area contributed by atoms with Gasteiger partial charge < -0.3 is 10.4 Å². The second-order valence-corrected chi connectivity index (χ2v) is 8.01. The molecule has 3 atom stereocenters. The highest BCUT2D eigenvalue weighted by Gasteiger charge is 2.43. The lowest BCUT2D eigenvalue weighted by atomic mass is 10.0. The number of aliphatic hydroxyl groups excluding tert-OH is 1. The Kier molecular flexibility index (Phi) is 4.66. The first kappa shape index (κ1) is 19.6. The van der Waals surface area contributed by atoms with Crippen molar-refractivity contribution in [3.8, 4) is 11.3 Å². The number of nitrogens with zero attached hydrogens (tertiary/aromatic N) is 4. The molecular weight excluding hydrogens is 397 g/mol. The van der Waals surface area contributed by atoms with Crippen molar-refractivity contribution < 1.29 is 14.3 Å². The molecule has 0 aliphatic heterocycles.